The highest BCUT2D eigenvalue weighted by molar-refractivity contribution is 5.84. The fraction of sp³-hybridized carbons (Fsp3) is 0.680. The molecular weight excluding hydrogens is 404 g/mol. The van der Waals surface area contributed by atoms with Crippen LogP contribution < -0.4 is 4.90 Å². The lowest BCUT2D eigenvalue weighted by molar-refractivity contribution is -0.0257. The Hall–Kier alpha value is -2.28. The van der Waals surface area contributed by atoms with E-state index in [1.165, 1.54) is 16.6 Å². The average molecular weight is 441 g/mol. The summed E-state index contributed by atoms with van der Waals surface area (Å²) in [4.78, 5) is 16.7. The molecule has 3 fully saturated rings. The average Bonchev–Trinajstić information content (AvgIpc) is 3.13. The van der Waals surface area contributed by atoms with Gasteiger partial charge in [-0.05, 0) is 76.5 Å². The van der Waals surface area contributed by atoms with Gasteiger partial charge >= 0.3 is 6.09 Å². The number of benzene rings is 1. The smallest absolute Gasteiger partial charge is 0.410 e. The summed E-state index contributed by atoms with van der Waals surface area (Å²) in [5, 5.41) is 6.19. The number of carbonyl (C=O) groups is 1. The Morgan fingerprint density at radius 3 is 2.47 bits per heavy atom. The number of likely N-dealkylation sites (tertiary alicyclic amines) is 1. The van der Waals surface area contributed by atoms with Crippen molar-refractivity contribution in [2.45, 2.75) is 65.0 Å². The highest BCUT2D eigenvalue weighted by Crippen LogP contribution is 2.54. The molecule has 0 unspecified atom stereocenters. The van der Waals surface area contributed by atoms with Crippen molar-refractivity contribution in [3.8, 4) is 0 Å². The standard InChI is InChI=1S/C25H36N4O3/c1-18-13-19-17-29(26-21(19)14-22(18)27-9-11-31-12-10-27)20-15-25(16-20)5-7-28(8-6-25)23(30)32-24(2,3)4/h13-14,17,20H,5-12,15-16H2,1-4H3. The normalized spacial score (nSPS) is 21.8. The number of ether oxygens (including phenoxy) is 2. The molecule has 1 spiro atoms. The van der Waals surface area contributed by atoms with Gasteiger partial charge in [0.25, 0.3) is 0 Å². The molecule has 2 aromatic rings. The molecule has 2 aliphatic heterocycles. The Bertz CT molecular complexity index is 987. The lowest BCUT2D eigenvalue weighted by atomic mass is 9.60. The van der Waals surface area contributed by atoms with Crippen LogP contribution in [0.15, 0.2) is 18.3 Å². The fourth-order valence-electron chi connectivity index (χ4n) is 5.55. The van der Waals surface area contributed by atoms with Gasteiger partial charge in [0.05, 0.1) is 24.8 Å². The number of carbonyl (C=O) groups excluding carboxylic acids is 1. The lowest BCUT2D eigenvalue weighted by Crippen LogP contribution is -2.50. The number of fused-ring (bicyclic) bond motifs is 1. The summed E-state index contributed by atoms with van der Waals surface area (Å²) in [5.41, 5.74) is 3.59. The topological polar surface area (TPSA) is 59.8 Å². The van der Waals surface area contributed by atoms with Crippen molar-refractivity contribution in [2.75, 3.05) is 44.3 Å². The number of morpholine rings is 1. The quantitative estimate of drug-likeness (QED) is 0.687. The zero-order chi connectivity index (χ0) is 22.5. The zero-order valence-electron chi connectivity index (χ0n) is 19.9. The molecule has 1 aliphatic carbocycles. The monoisotopic (exact) mass is 440 g/mol. The molecule has 3 heterocycles. The Kier molecular flexibility index (Phi) is 5.35. The second kappa shape index (κ2) is 7.94. The lowest BCUT2D eigenvalue weighted by Gasteiger charge is -2.52. The number of rotatable bonds is 2. The number of nitrogens with zero attached hydrogens (tertiary/aromatic N) is 4. The van der Waals surface area contributed by atoms with Crippen molar-refractivity contribution < 1.29 is 14.3 Å². The number of piperidine rings is 1. The van der Waals surface area contributed by atoms with E-state index in [4.69, 9.17) is 14.6 Å². The molecule has 7 nitrogen and oxygen atoms in total. The van der Waals surface area contributed by atoms with Crippen molar-refractivity contribution in [3.63, 3.8) is 0 Å². The van der Waals surface area contributed by atoms with Crippen molar-refractivity contribution in [2.24, 2.45) is 5.41 Å². The molecule has 174 valence electrons. The van der Waals surface area contributed by atoms with Gasteiger partial charge < -0.3 is 19.3 Å². The van der Waals surface area contributed by atoms with Crippen molar-refractivity contribution in [1.82, 2.24) is 14.7 Å². The third kappa shape index (κ3) is 4.19. The number of aromatic nitrogens is 2. The molecule has 0 bridgehead atoms. The van der Waals surface area contributed by atoms with Gasteiger partial charge in [0.2, 0.25) is 0 Å². The first-order valence-electron chi connectivity index (χ1n) is 12.0. The Balaban J connectivity index is 1.22. The number of hydrogen-bond donors (Lipinski definition) is 0. The molecule has 0 N–H and O–H groups in total. The van der Waals surface area contributed by atoms with Gasteiger partial charge in [-0.3, -0.25) is 4.68 Å². The molecule has 2 saturated heterocycles. The predicted molar refractivity (Wildman–Crippen MR) is 125 cm³/mol. The second-order valence-electron chi connectivity index (χ2n) is 10.9. The van der Waals surface area contributed by atoms with Crippen LogP contribution in [0.3, 0.4) is 0 Å². The van der Waals surface area contributed by atoms with E-state index >= 15 is 0 Å². The summed E-state index contributed by atoms with van der Waals surface area (Å²) >= 11 is 0. The van der Waals surface area contributed by atoms with Crippen LogP contribution in [0.25, 0.3) is 10.9 Å². The molecule has 1 aromatic carbocycles. The Morgan fingerprint density at radius 1 is 1.12 bits per heavy atom. The molecule has 7 heteroatoms. The van der Waals surface area contributed by atoms with Crippen LogP contribution in [-0.2, 0) is 9.47 Å². The molecular formula is C25H36N4O3. The first-order valence-corrected chi connectivity index (χ1v) is 12.0. The number of hydrogen-bond acceptors (Lipinski definition) is 5. The molecule has 1 saturated carbocycles. The summed E-state index contributed by atoms with van der Waals surface area (Å²) in [7, 11) is 0. The van der Waals surface area contributed by atoms with Gasteiger partial charge in [0, 0.05) is 43.4 Å². The van der Waals surface area contributed by atoms with Crippen LogP contribution in [0.2, 0.25) is 0 Å². The van der Waals surface area contributed by atoms with Gasteiger partial charge in [-0.25, -0.2) is 4.79 Å². The maximum Gasteiger partial charge on any atom is 0.410 e. The first kappa shape index (κ1) is 21.6. The molecule has 0 radical (unpaired) electrons. The molecule has 0 atom stereocenters. The summed E-state index contributed by atoms with van der Waals surface area (Å²) in [6.07, 6.45) is 6.47. The first-order chi connectivity index (χ1) is 15.2. The van der Waals surface area contributed by atoms with Crippen LogP contribution >= 0.6 is 0 Å². The number of anilines is 1. The highest BCUT2D eigenvalue weighted by atomic mass is 16.6. The fourth-order valence-corrected chi connectivity index (χ4v) is 5.55. The SMILES string of the molecule is Cc1cc2cn(C3CC4(CCN(C(=O)OC(C)(C)C)CC4)C3)nc2cc1N1CCOCC1. The van der Waals surface area contributed by atoms with Crippen molar-refractivity contribution in [1.29, 1.82) is 0 Å². The van der Waals surface area contributed by atoms with E-state index in [1.807, 2.05) is 25.7 Å². The van der Waals surface area contributed by atoms with E-state index in [0.717, 1.165) is 70.6 Å². The Labute approximate surface area is 190 Å². The van der Waals surface area contributed by atoms with Gasteiger partial charge in [-0.1, -0.05) is 0 Å². The van der Waals surface area contributed by atoms with Crippen molar-refractivity contribution >= 4 is 22.7 Å². The largest absolute Gasteiger partial charge is 0.444 e. The minimum Gasteiger partial charge on any atom is -0.444 e. The molecule has 3 aliphatic rings. The zero-order valence-corrected chi connectivity index (χ0v) is 19.9. The molecule has 1 aromatic heterocycles. The van der Waals surface area contributed by atoms with Crippen LogP contribution in [0.4, 0.5) is 10.5 Å². The van der Waals surface area contributed by atoms with E-state index in [1.54, 1.807) is 0 Å². The summed E-state index contributed by atoms with van der Waals surface area (Å²) in [5.74, 6) is 0. The maximum atomic E-state index is 12.4. The van der Waals surface area contributed by atoms with Crippen LogP contribution in [0, 0.1) is 12.3 Å². The van der Waals surface area contributed by atoms with Crippen LogP contribution in [0.5, 0.6) is 0 Å². The van der Waals surface area contributed by atoms with Crippen LogP contribution in [-0.4, -0.2) is 65.8 Å². The number of aryl methyl sites for hydroxylation is 1. The molecule has 1 amide bonds. The molecule has 32 heavy (non-hydrogen) atoms. The van der Waals surface area contributed by atoms with E-state index < -0.39 is 5.60 Å². The molecule has 5 rings (SSSR count). The van der Waals surface area contributed by atoms with Gasteiger partial charge in [-0.2, -0.15) is 5.10 Å². The second-order valence-corrected chi connectivity index (χ2v) is 10.9. The summed E-state index contributed by atoms with van der Waals surface area (Å²) < 4.78 is 13.3. The van der Waals surface area contributed by atoms with E-state index in [2.05, 4.69) is 34.8 Å². The predicted octanol–water partition coefficient (Wildman–Crippen LogP) is 4.53. The van der Waals surface area contributed by atoms with Crippen molar-refractivity contribution in [3.05, 3.63) is 23.9 Å². The van der Waals surface area contributed by atoms with Gasteiger partial charge in [0.15, 0.2) is 0 Å². The van der Waals surface area contributed by atoms with Gasteiger partial charge in [-0.15, -0.1) is 0 Å². The third-order valence-corrected chi connectivity index (χ3v) is 7.38. The van der Waals surface area contributed by atoms with E-state index in [-0.39, 0.29) is 6.09 Å². The third-order valence-electron chi connectivity index (χ3n) is 7.38. The van der Waals surface area contributed by atoms with E-state index in [0.29, 0.717) is 11.5 Å². The van der Waals surface area contributed by atoms with E-state index in [9.17, 15) is 4.79 Å². The summed E-state index contributed by atoms with van der Waals surface area (Å²) in [6.45, 7) is 13.0. The number of amides is 1. The van der Waals surface area contributed by atoms with Crippen LogP contribution in [0.1, 0.15) is 58.1 Å². The Morgan fingerprint density at radius 2 is 1.81 bits per heavy atom. The highest BCUT2D eigenvalue weighted by Gasteiger charge is 2.47. The minimum atomic E-state index is -0.435. The maximum absolute atomic E-state index is 12.4. The minimum absolute atomic E-state index is 0.173. The summed E-state index contributed by atoms with van der Waals surface area (Å²) in [6, 6.07) is 4.99. The van der Waals surface area contributed by atoms with Gasteiger partial charge in [0.1, 0.15) is 5.60 Å².